The molecule has 3 heteroatoms. The van der Waals surface area contributed by atoms with Gasteiger partial charge in [-0.3, -0.25) is 0 Å². The van der Waals surface area contributed by atoms with E-state index in [1.54, 1.807) is 0 Å². The van der Waals surface area contributed by atoms with Crippen LogP contribution in [-0.4, -0.2) is 17.6 Å². The van der Waals surface area contributed by atoms with Crippen LogP contribution >= 0.6 is 0 Å². The minimum Gasteiger partial charge on any atom is -0.370 e. The molecule has 88 valence electrons. The SMILES string of the molecule is CC(C)CNc1cc(CNC2CC2)ccn1. The van der Waals surface area contributed by atoms with Crippen LogP contribution in [0.15, 0.2) is 18.3 Å². The first-order valence-corrected chi connectivity index (χ1v) is 6.16. The number of anilines is 1. The van der Waals surface area contributed by atoms with Crippen molar-refractivity contribution in [3.63, 3.8) is 0 Å². The average Bonchev–Trinajstić information content (AvgIpc) is 3.08. The van der Waals surface area contributed by atoms with Crippen molar-refractivity contribution >= 4 is 5.82 Å². The first-order valence-electron chi connectivity index (χ1n) is 6.16. The van der Waals surface area contributed by atoms with E-state index in [0.717, 1.165) is 24.9 Å². The monoisotopic (exact) mass is 219 g/mol. The van der Waals surface area contributed by atoms with Crippen molar-refractivity contribution in [2.45, 2.75) is 39.3 Å². The summed E-state index contributed by atoms with van der Waals surface area (Å²) in [5.74, 6) is 1.64. The van der Waals surface area contributed by atoms with Gasteiger partial charge in [-0.25, -0.2) is 4.98 Å². The molecule has 1 aromatic rings. The van der Waals surface area contributed by atoms with Gasteiger partial charge < -0.3 is 10.6 Å². The summed E-state index contributed by atoms with van der Waals surface area (Å²) < 4.78 is 0. The van der Waals surface area contributed by atoms with Crippen molar-refractivity contribution in [2.75, 3.05) is 11.9 Å². The number of rotatable bonds is 6. The number of nitrogens with one attached hydrogen (secondary N) is 2. The maximum Gasteiger partial charge on any atom is 0.126 e. The summed E-state index contributed by atoms with van der Waals surface area (Å²) in [6, 6.07) is 4.98. The van der Waals surface area contributed by atoms with Gasteiger partial charge in [0.05, 0.1) is 0 Å². The van der Waals surface area contributed by atoms with Gasteiger partial charge in [0, 0.05) is 25.3 Å². The Labute approximate surface area is 97.7 Å². The third kappa shape index (κ3) is 3.81. The highest BCUT2D eigenvalue weighted by molar-refractivity contribution is 5.37. The van der Waals surface area contributed by atoms with Crippen LogP contribution in [0.3, 0.4) is 0 Å². The van der Waals surface area contributed by atoms with Crippen LogP contribution in [0.1, 0.15) is 32.3 Å². The molecule has 0 saturated heterocycles. The molecule has 0 aromatic carbocycles. The zero-order valence-electron chi connectivity index (χ0n) is 10.2. The first-order chi connectivity index (χ1) is 7.74. The molecule has 0 radical (unpaired) electrons. The Kier molecular flexibility index (Phi) is 3.78. The van der Waals surface area contributed by atoms with E-state index in [1.807, 2.05) is 6.20 Å². The van der Waals surface area contributed by atoms with Crippen LogP contribution in [0.4, 0.5) is 5.82 Å². The van der Waals surface area contributed by atoms with Crippen LogP contribution in [0.2, 0.25) is 0 Å². The Bertz CT molecular complexity index is 310. The normalized spacial score (nSPS) is 15.4. The molecule has 0 aliphatic heterocycles. The molecule has 0 spiro atoms. The van der Waals surface area contributed by atoms with E-state index in [1.165, 1.54) is 18.4 Å². The lowest BCUT2D eigenvalue weighted by Gasteiger charge is -2.09. The van der Waals surface area contributed by atoms with Gasteiger partial charge in [-0.2, -0.15) is 0 Å². The highest BCUT2D eigenvalue weighted by atomic mass is 15.0. The molecule has 1 heterocycles. The third-order valence-corrected chi connectivity index (χ3v) is 2.69. The van der Waals surface area contributed by atoms with Crippen molar-refractivity contribution in [2.24, 2.45) is 5.92 Å². The zero-order chi connectivity index (χ0) is 11.4. The molecule has 3 nitrogen and oxygen atoms in total. The molecule has 2 N–H and O–H groups in total. The Hall–Kier alpha value is -1.09. The lowest BCUT2D eigenvalue weighted by molar-refractivity contribution is 0.681. The molecule has 0 bridgehead atoms. The molecule has 0 unspecified atom stereocenters. The Morgan fingerprint density at radius 3 is 2.94 bits per heavy atom. The minimum atomic E-state index is 0.648. The molecule has 1 aliphatic rings. The van der Waals surface area contributed by atoms with E-state index >= 15 is 0 Å². The van der Waals surface area contributed by atoms with E-state index in [0.29, 0.717) is 5.92 Å². The molecular weight excluding hydrogens is 198 g/mol. The van der Waals surface area contributed by atoms with Gasteiger partial charge in [0.25, 0.3) is 0 Å². The van der Waals surface area contributed by atoms with Gasteiger partial charge in [0.15, 0.2) is 0 Å². The van der Waals surface area contributed by atoms with E-state index in [-0.39, 0.29) is 0 Å². The van der Waals surface area contributed by atoms with Gasteiger partial charge in [0.2, 0.25) is 0 Å². The molecule has 1 aliphatic carbocycles. The molecular formula is C13H21N3. The lowest BCUT2D eigenvalue weighted by Crippen LogP contribution is -2.16. The average molecular weight is 219 g/mol. The van der Waals surface area contributed by atoms with Crippen molar-refractivity contribution in [1.29, 1.82) is 0 Å². The molecule has 0 amide bonds. The van der Waals surface area contributed by atoms with Gasteiger partial charge in [-0.05, 0) is 36.5 Å². The second-order valence-electron chi connectivity index (χ2n) is 4.98. The van der Waals surface area contributed by atoms with Crippen molar-refractivity contribution in [3.05, 3.63) is 23.9 Å². The van der Waals surface area contributed by atoms with E-state index in [4.69, 9.17) is 0 Å². The maximum absolute atomic E-state index is 4.32. The van der Waals surface area contributed by atoms with E-state index in [9.17, 15) is 0 Å². The fraction of sp³-hybridized carbons (Fsp3) is 0.615. The second kappa shape index (κ2) is 5.30. The second-order valence-corrected chi connectivity index (χ2v) is 4.98. The molecule has 1 aromatic heterocycles. The van der Waals surface area contributed by atoms with Crippen molar-refractivity contribution in [3.8, 4) is 0 Å². The van der Waals surface area contributed by atoms with Crippen molar-refractivity contribution < 1.29 is 0 Å². The largest absolute Gasteiger partial charge is 0.370 e. The number of pyridine rings is 1. The summed E-state index contributed by atoms with van der Waals surface area (Å²) in [4.78, 5) is 4.32. The fourth-order valence-electron chi connectivity index (χ4n) is 1.54. The molecule has 16 heavy (non-hydrogen) atoms. The summed E-state index contributed by atoms with van der Waals surface area (Å²) in [6.07, 6.45) is 4.56. The molecule has 1 fully saturated rings. The number of aromatic nitrogens is 1. The Balaban J connectivity index is 1.84. The molecule has 0 atom stereocenters. The molecule has 1 saturated carbocycles. The van der Waals surface area contributed by atoms with Gasteiger partial charge in [0.1, 0.15) is 5.82 Å². The van der Waals surface area contributed by atoms with Crippen LogP contribution in [-0.2, 0) is 6.54 Å². The summed E-state index contributed by atoms with van der Waals surface area (Å²) in [5.41, 5.74) is 1.31. The summed E-state index contributed by atoms with van der Waals surface area (Å²) >= 11 is 0. The highest BCUT2D eigenvalue weighted by Gasteiger charge is 2.19. The fourth-order valence-corrected chi connectivity index (χ4v) is 1.54. The highest BCUT2D eigenvalue weighted by Crippen LogP contribution is 2.19. The third-order valence-electron chi connectivity index (χ3n) is 2.69. The number of hydrogen-bond acceptors (Lipinski definition) is 3. The predicted octanol–water partition coefficient (Wildman–Crippen LogP) is 2.40. The van der Waals surface area contributed by atoms with Crippen LogP contribution in [0, 0.1) is 5.92 Å². The standard InChI is InChI=1S/C13H21N3/c1-10(2)8-16-13-7-11(5-6-14-13)9-15-12-3-4-12/h5-7,10,12,15H,3-4,8-9H2,1-2H3,(H,14,16). The van der Waals surface area contributed by atoms with Gasteiger partial charge in [-0.15, -0.1) is 0 Å². The lowest BCUT2D eigenvalue weighted by atomic mass is 10.2. The predicted molar refractivity (Wildman–Crippen MR) is 67.4 cm³/mol. The van der Waals surface area contributed by atoms with E-state index < -0.39 is 0 Å². The van der Waals surface area contributed by atoms with Crippen LogP contribution in [0.5, 0.6) is 0 Å². The summed E-state index contributed by atoms with van der Waals surface area (Å²) in [6.45, 7) is 6.34. The van der Waals surface area contributed by atoms with Gasteiger partial charge in [-0.1, -0.05) is 13.8 Å². The topological polar surface area (TPSA) is 37.0 Å². The number of nitrogens with zero attached hydrogens (tertiary/aromatic N) is 1. The van der Waals surface area contributed by atoms with E-state index in [2.05, 4.69) is 41.6 Å². The summed E-state index contributed by atoms with van der Waals surface area (Å²) in [7, 11) is 0. The van der Waals surface area contributed by atoms with Crippen LogP contribution < -0.4 is 10.6 Å². The first kappa shape index (κ1) is 11.4. The Morgan fingerprint density at radius 2 is 2.25 bits per heavy atom. The quantitative estimate of drug-likeness (QED) is 0.771. The minimum absolute atomic E-state index is 0.648. The van der Waals surface area contributed by atoms with Gasteiger partial charge >= 0.3 is 0 Å². The zero-order valence-corrected chi connectivity index (χ0v) is 10.2. The number of hydrogen-bond donors (Lipinski definition) is 2. The van der Waals surface area contributed by atoms with Crippen molar-refractivity contribution in [1.82, 2.24) is 10.3 Å². The maximum atomic E-state index is 4.32. The Morgan fingerprint density at radius 1 is 1.44 bits per heavy atom. The molecule has 2 rings (SSSR count). The summed E-state index contributed by atoms with van der Waals surface area (Å²) in [5, 5.41) is 6.86. The van der Waals surface area contributed by atoms with Crippen LogP contribution in [0.25, 0.3) is 0 Å². The smallest absolute Gasteiger partial charge is 0.126 e.